The summed E-state index contributed by atoms with van der Waals surface area (Å²) >= 11 is 0. The molecule has 0 unspecified atom stereocenters. The van der Waals surface area contributed by atoms with Crippen LogP contribution in [0.5, 0.6) is 5.75 Å². The van der Waals surface area contributed by atoms with E-state index >= 15 is 0 Å². The quantitative estimate of drug-likeness (QED) is 0.328. The van der Waals surface area contributed by atoms with Gasteiger partial charge in [0.1, 0.15) is 5.75 Å². The molecule has 6 heteroatoms. The van der Waals surface area contributed by atoms with Gasteiger partial charge in [-0.1, -0.05) is 62.2 Å². The van der Waals surface area contributed by atoms with Crippen LogP contribution in [0.4, 0.5) is 5.95 Å². The van der Waals surface area contributed by atoms with E-state index in [9.17, 15) is 4.79 Å². The summed E-state index contributed by atoms with van der Waals surface area (Å²) in [5, 5.41) is 4.18. The predicted octanol–water partition coefficient (Wildman–Crippen LogP) is 4.45. The summed E-state index contributed by atoms with van der Waals surface area (Å²) < 4.78 is 5.75. The average molecular weight is 376 g/mol. The number of hydrazone groups is 1. The van der Waals surface area contributed by atoms with E-state index in [2.05, 4.69) is 27.4 Å². The normalized spacial score (nSPS) is 10.9. The molecule has 1 aromatic heterocycles. The molecule has 0 radical (unpaired) electrons. The number of hydrogen-bond donors (Lipinski definition) is 2. The molecule has 0 saturated heterocycles. The highest BCUT2D eigenvalue weighted by Gasteiger charge is 2.03. The third-order valence-electron chi connectivity index (χ3n) is 4.07. The fourth-order valence-corrected chi connectivity index (χ4v) is 2.66. The van der Waals surface area contributed by atoms with Gasteiger partial charge < -0.3 is 4.74 Å². The Balaban J connectivity index is 1.65. The molecule has 6 nitrogen and oxygen atoms in total. The minimum atomic E-state index is -0.242. The maximum absolute atomic E-state index is 11.9. The van der Waals surface area contributed by atoms with Crippen molar-refractivity contribution in [2.24, 2.45) is 5.10 Å². The van der Waals surface area contributed by atoms with E-state index in [-0.39, 0.29) is 11.5 Å². The summed E-state index contributed by atoms with van der Waals surface area (Å²) in [6, 6.07) is 18.7. The summed E-state index contributed by atoms with van der Waals surface area (Å²) in [5.74, 6) is 1.10. The van der Waals surface area contributed by atoms with Crippen molar-refractivity contribution in [3.05, 3.63) is 76.6 Å². The lowest BCUT2D eigenvalue weighted by molar-refractivity contribution is 0.306. The molecule has 0 aliphatic carbocycles. The van der Waals surface area contributed by atoms with Gasteiger partial charge in [-0.2, -0.15) is 5.10 Å². The van der Waals surface area contributed by atoms with E-state index in [1.807, 2.05) is 54.6 Å². The minimum absolute atomic E-state index is 0.242. The Morgan fingerprint density at radius 2 is 1.96 bits per heavy atom. The number of aromatic amines is 1. The largest absolute Gasteiger partial charge is 0.494 e. The number of rotatable bonds is 9. The average Bonchev–Trinajstić information content (AvgIpc) is 2.72. The zero-order valence-corrected chi connectivity index (χ0v) is 15.9. The van der Waals surface area contributed by atoms with Crippen LogP contribution < -0.4 is 15.7 Å². The monoisotopic (exact) mass is 376 g/mol. The Hall–Kier alpha value is -3.41. The number of anilines is 1. The molecule has 2 aromatic carbocycles. The van der Waals surface area contributed by atoms with Crippen molar-refractivity contribution in [2.75, 3.05) is 12.0 Å². The van der Waals surface area contributed by atoms with Crippen LogP contribution in [0.15, 0.2) is 70.6 Å². The van der Waals surface area contributed by atoms with Gasteiger partial charge in [0.25, 0.3) is 5.56 Å². The fourth-order valence-electron chi connectivity index (χ4n) is 2.66. The van der Waals surface area contributed by atoms with Crippen LogP contribution >= 0.6 is 0 Å². The molecule has 3 aromatic rings. The number of hydrogen-bond acceptors (Lipinski definition) is 5. The molecule has 0 aliphatic heterocycles. The smallest absolute Gasteiger partial charge is 0.252 e. The summed E-state index contributed by atoms with van der Waals surface area (Å²) in [7, 11) is 0. The Morgan fingerprint density at radius 1 is 1.11 bits per heavy atom. The van der Waals surface area contributed by atoms with Crippen LogP contribution in [0.25, 0.3) is 11.3 Å². The zero-order chi connectivity index (χ0) is 19.6. The molecule has 1 heterocycles. The second kappa shape index (κ2) is 10.1. The Labute approximate surface area is 164 Å². The van der Waals surface area contributed by atoms with Gasteiger partial charge in [0.15, 0.2) is 0 Å². The Bertz CT molecular complexity index is 968. The third-order valence-corrected chi connectivity index (χ3v) is 4.07. The summed E-state index contributed by atoms with van der Waals surface area (Å²) in [6.45, 7) is 2.88. The number of benzene rings is 2. The molecule has 0 saturated carbocycles. The van der Waals surface area contributed by atoms with E-state index in [4.69, 9.17) is 4.74 Å². The number of aromatic nitrogens is 2. The molecule has 144 valence electrons. The zero-order valence-electron chi connectivity index (χ0n) is 15.9. The first kappa shape index (κ1) is 19.4. The van der Waals surface area contributed by atoms with Gasteiger partial charge in [-0.3, -0.25) is 9.78 Å². The highest BCUT2D eigenvalue weighted by molar-refractivity contribution is 5.80. The second-order valence-electron chi connectivity index (χ2n) is 6.34. The van der Waals surface area contributed by atoms with Crippen LogP contribution in [0.3, 0.4) is 0 Å². The minimum Gasteiger partial charge on any atom is -0.494 e. The number of unbranched alkanes of at least 4 members (excludes halogenated alkanes) is 2. The van der Waals surface area contributed by atoms with Gasteiger partial charge >= 0.3 is 0 Å². The predicted molar refractivity (Wildman–Crippen MR) is 113 cm³/mol. The number of nitrogens with one attached hydrogen (secondary N) is 2. The van der Waals surface area contributed by atoms with Crippen molar-refractivity contribution in [3.8, 4) is 17.0 Å². The second-order valence-corrected chi connectivity index (χ2v) is 6.34. The Morgan fingerprint density at radius 3 is 2.79 bits per heavy atom. The maximum atomic E-state index is 11.9. The van der Waals surface area contributed by atoms with Gasteiger partial charge in [0.05, 0.1) is 18.5 Å². The third kappa shape index (κ3) is 5.81. The molecular weight excluding hydrogens is 352 g/mol. The lowest BCUT2D eigenvalue weighted by atomic mass is 10.1. The van der Waals surface area contributed by atoms with Gasteiger partial charge in [-0.05, 0) is 24.1 Å². The van der Waals surface area contributed by atoms with Gasteiger partial charge in [0, 0.05) is 11.6 Å². The standard InChI is InChI=1S/C22H24N4O2/c1-2-3-7-13-28-19-12-8-9-17(14-19)16-23-26-22-24-20(15-21(27)25-22)18-10-5-4-6-11-18/h4-6,8-12,14-16H,2-3,7,13H2,1H3,(H2,24,25,26,27)/b23-16+. The van der Waals surface area contributed by atoms with Crippen molar-refractivity contribution in [2.45, 2.75) is 26.2 Å². The van der Waals surface area contributed by atoms with Crippen LogP contribution in [0.1, 0.15) is 31.7 Å². The molecule has 0 aliphatic rings. The highest BCUT2D eigenvalue weighted by Crippen LogP contribution is 2.16. The van der Waals surface area contributed by atoms with Crippen molar-refractivity contribution >= 4 is 12.2 Å². The van der Waals surface area contributed by atoms with E-state index in [1.54, 1.807) is 6.21 Å². The lowest BCUT2D eigenvalue weighted by Crippen LogP contribution is -2.10. The molecule has 0 amide bonds. The van der Waals surface area contributed by atoms with Crippen molar-refractivity contribution in [3.63, 3.8) is 0 Å². The van der Waals surface area contributed by atoms with Crippen LogP contribution in [0, 0.1) is 0 Å². The molecule has 28 heavy (non-hydrogen) atoms. The molecule has 0 bridgehead atoms. The lowest BCUT2D eigenvalue weighted by Gasteiger charge is -2.06. The topological polar surface area (TPSA) is 79.4 Å². The molecule has 0 fully saturated rings. The van der Waals surface area contributed by atoms with Crippen molar-refractivity contribution in [1.82, 2.24) is 9.97 Å². The van der Waals surface area contributed by atoms with E-state index in [1.165, 1.54) is 12.5 Å². The Kier molecular flexibility index (Phi) is 6.95. The van der Waals surface area contributed by atoms with Crippen molar-refractivity contribution < 1.29 is 4.74 Å². The van der Waals surface area contributed by atoms with Crippen LogP contribution in [-0.4, -0.2) is 22.8 Å². The first-order valence-electron chi connectivity index (χ1n) is 9.43. The summed E-state index contributed by atoms with van der Waals surface area (Å²) in [5.41, 5.74) is 4.89. The first-order valence-corrected chi connectivity index (χ1v) is 9.43. The number of H-pyrrole nitrogens is 1. The van der Waals surface area contributed by atoms with Gasteiger partial charge in [-0.15, -0.1) is 0 Å². The molecule has 0 atom stereocenters. The first-order chi connectivity index (χ1) is 13.7. The number of ether oxygens (including phenoxy) is 1. The molecule has 3 rings (SSSR count). The van der Waals surface area contributed by atoms with E-state index in [0.717, 1.165) is 29.7 Å². The molecule has 2 N–H and O–H groups in total. The summed E-state index contributed by atoms with van der Waals surface area (Å²) in [6.07, 6.45) is 5.04. The maximum Gasteiger partial charge on any atom is 0.252 e. The van der Waals surface area contributed by atoms with Crippen molar-refractivity contribution in [1.29, 1.82) is 0 Å². The highest BCUT2D eigenvalue weighted by atomic mass is 16.5. The fraction of sp³-hybridized carbons (Fsp3) is 0.227. The van der Waals surface area contributed by atoms with Crippen LogP contribution in [-0.2, 0) is 0 Å². The molecule has 0 spiro atoms. The van der Waals surface area contributed by atoms with Gasteiger partial charge in [0.2, 0.25) is 5.95 Å². The SMILES string of the molecule is CCCCCOc1cccc(/C=N/Nc2nc(-c3ccccc3)cc(=O)[nH]2)c1. The van der Waals surface area contributed by atoms with Crippen LogP contribution in [0.2, 0.25) is 0 Å². The van der Waals surface area contributed by atoms with Gasteiger partial charge in [-0.25, -0.2) is 10.4 Å². The number of nitrogens with zero attached hydrogens (tertiary/aromatic N) is 2. The van der Waals surface area contributed by atoms with E-state index in [0.29, 0.717) is 12.3 Å². The van der Waals surface area contributed by atoms with E-state index < -0.39 is 0 Å². The molecular formula is C22H24N4O2. The summed E-state index contributed by atoms with van der Waals surface area (Å²) in [4.78, 5) is 18.9.